The molecule has 0 radical (unpaired) electrons. The predicted octanol–water partition coefficient (Wildman–Crippen LogP) is 2.26. The van der Waals surface area contributed by atoms with Crippen LogP contribution in [0, 0.1) is 0 Å². The molecule has 2 aliphatic heterocycles. The topological polar surface area (TPSA) is 81.3 Å². The van der Waals surface area contributed by atoms with Crippen LogP contribution in [-0.4, -0.2) is 75.0 Å². The molecule has 2 aliphatic rings. The Labute approximate surface area is 182 Å². The summed E-state index contributed by atoms with van der Waals surface area (Å²) in [7, 11) is 3.23. The van der Waals surface area contributed by atoms with Crippen LogP contribution in [0.4, 0.5) is 5.69 Å². The maximum absolute atomic E-state index is 6.15. The number of hydrogen-bond donors (Lipinski definition) is 2. The number of benzene rings is 1. The van der Waals surface area contributed by atoms with Gasteiger partial charge in [-0.15, -0.1) is 24.0 Å². The Bertz CT molecular complexity index is 635. The monoisotopic (exact) mass is 508 g/mol. The van der Waals surface area contributed by atoms with Gasteiger partial charge in [-0.25, -0.2) is 0 Å². The normalized spacial score (nSPS) is 23.6. The third kappa shape index (κ3) is 5.55. The van der Waals surface area contributed by atoms with Crippen LogP contribution in [0.1, 0.15) is 6.42 Å². The number of aliphatic imine (C=N–C) groups is 1. The molecule has 1 aromatic carbocycles. The molecule has 2 heterocycles. The summed E-state index contributed by atoms with van der Waals surface area (Å²) >= 11 is 2.00. The molecule has 0 amide bonds. The van der Waals surface area contributed by atoms with E-state index in [-0.39, 0.29) is 29.5 Å². The number of rotatable bonds is 6. The standard InChI is InChI=1S/C18H28N4O3S.HI/c1-23-15-4-3-14(11-16(15)24-2)21-17(19)20-12-18(5-10-26-13-18)22-6-8-25-9-7-22;/h3-4,11H,5-10,12-13H2,1-2H3,(H3,19,20,21);1H. The molecular weight excluding hydrogens is 479 g/mol. The first kappa shape index (κ1) is 22.4. The smallest absolute Gasteiger partial charge is 0.193 e. The van der Waals surface area contributed by atoms with Gasteiger partial charge < -0.3 is 25.3 Å². The molecule has 27 heavy (non-hydrogen) atoms. The van der Waals surface area contributed by atoms with Crippen LogP contribution in [0.15, 0.2) is 23.2 Å². The van der Waals surface area contributed by atoms with Crippen LogP contribution in [0.25, 0.3) is 0 Å². The molecule has 1 aromatic rings. The van der Waals surface area contributed by atoms with E-state index in [1.165, 1.54) is 5.75 Å². The van der Waals surface area contributed by atoms with Crippen LogP contribution in [0.2, 0.25) is 0 Å². The first-order valence-corrected chi connectivity index (χ1v) is 10.0. The van der Waals surface area contributed by atoms with Crippen LogP contribution >= 0.6 is 35.7 Å². The fourth-order valence-electron chi connectivity index (χ4n) is 3.44. The summed E-state index contributed by atoms with van der Waals surface area (Å²) < 4.78 is 16.1. The number of halogens is 1. The molecule has 0 aromatic heterocycles. The first-order valence-electron chi connectivity index (χ1n) is 8.86. The number of nitrogens with zero attached hydrogens (tertiary/aromatic N) is 2. The molecule has 7 nitrogen and oxygen atoms in total. The van der Waals surface area contributed by atoms with Gasteiger partial charge >= 0.3 is 0 Å². The van der Waals surface area contributed by atoms with Crippen molar-refractivity contribution in [3.8, 4) is 11.5 Å². The van der Waals surface area contributed by atoms with Gasteiger partial charge in [-0.05, 0) is 24.3 Å². The van der Waals surface area contributed by atoms with Crippen LogP contribution in [-0.2, 0) is 4.74 Å². The lowest BCUT2D eigenvalue weighted by molar-refractivity contribution is -0.0104. The maximum atomic E-state index is 6.15. The van der Waals surface area contributed by atoms with Gasteiger partial charge in [-0.1, -0.05) is 0 Å². The van der Waals surface area contributed by atoms with Crippen molar-refractivity contribution in [1.29, 1.82) is 0 Å². The van der Waals surface area contributed by atoms with Gasteiger partial charge in [-0.2, -0.15) is 11.8 Å². The molecule has 152 valence electrons. The molecule has 9 heteroatoms. The van der Waals surface area contributed by atoms with Crippen molar-refractivity contribution in [2.75, 3.05) is 63.9 Å². The Balaban J connectivity index is 0.00000261. The van der Waals surface area contributed by atoms with E-state index in [4.69, 9.17) is 19.9 Å². The van der Waals surface area contributed by atoms with Crippen LogP contribution < -0.4 is 20.5 Å². The average molecular weight is 508 g/mol. The van der Waals surface area contributed by atoms with E-state index in [1.807, 2.05) is 30.0 Å². The predicted molar refractivity (Wildman–Crippen MR) is 122 cm³/mol. The Morgan fingerprint density at radius 3 is 2.67 bits per heavy atom. The molecule has 0 spiro atoms. The molecule has 2 fully saturated rings. The van der Waals surface area contributed by atoms with E-state index in [2.05, 4.69) is 15.2 Å². The summed E-state index contributed by atoms with van der Waals surface area (Å²) in [4.78, 5) is 7.19. The first-order chi connectivity index (χ1) is 12.7. The molecule has 0 saturated carbocycles. The van der Waals surface area contributed by atoms with Gasteiger partial charge in [0.05, 0.1) is 39.5 Å². The summed E-state index contributed by atoms with van der Waals surface area (Å²) in [5, 5.41) is 3.15. The number of hydrogen-bond acceptors (Lipinski definition) is 6. The lowest BCUT2D eigenvalue weighted by Gasteiger charge is -2.42. The number of thioether (sulfide) groups is 1. The molecule has 3 N–H and O–H groups in total. The highest BCUT2D eigenvalue weighted by Crippen LogP contribution is 2.34. The second-order valence-corrected chi connectivity index (χ2v) is 7.63. The summed E-state index contributed by atoms with van der Waals surface area (Å²) in [5.41, 5.74) is 7.07. The third-order valence-corrected chi connectivity index (χ3v) is 6.20. The molecule has 0 bridgehead atoms. The Kier molecular flexibility index (Phi) is 8.77. The highest BCUT2D eigenvalue weighted by molar-refractivity contribution is 14.0. The number of methoxy groups -OCH3 is 2. The molecule has 3 rings (SSSR count). The van der Waals surface area contributed by atoms with Crippen molar-refractivity contribution >= 4 is 47.4 Å². The second-order valence-electron chi connectivity index (χ2n) is 6.52. The summed E-state index contributed by atoms with van der Waals surface area (Å²) in [6.45, 7) is 4.25. The average Bonchev–Trinajstić information content (AvgIpc) is 3.17. The zero-order valence-electron chi connectivity index (χ0n) is 15.9. The highest BCUT2D eigenvalue weighted by atomic mass is 127. The molecular formula is C18H29IN4O3S. The number of nitrogens with two attached hydrogens (primary N) is 1. The number of ether oxygens (including phenoxy) is 3. The van der Waals surface area contributed by atoms with Crippen molar-refractivity contribution < 1.29 is 14.2 Å². The Hall–Kier alpha value is -0.910. The minimum absolute atomic E-state index is 0. The maximum Gasteiger partial charge on any atom is 0.193 e. The van der Waals surface area contributed by atoms with Crippen molar-refractivity contribution in [2.24, 2.45) is 10.7 Å². The molecule has 2 saturated heterocycles. The van der Waals surface area contributed by atoms with Crippen molar-refractivity contribution in [3.63, 3.8) is 0 Å². The van der Waals surface area contributed by atoms with Gasteiger partial charge in [0, 0.05) is 30.6 Å². The number of anilines is 1. The lowest BCUT2D eigenvalue weighted by Crippen LogP contribution is -2.56. The largest absolute Gasteiger partial charge is 0.493 e. The highest BCUT2D eigenvalue weighted by Gasteiger charge is 2.40. The lowest BCUT2D eigenvalue weighted by atomic mass is 9.96. The van der Waals surface area contributed by atoms with Gasteiger partial charge in [0.25, 0.3) is 0 Å². The minimum Gasteiger partial charge on any atom is -0.493 e. The summed E-state index contributed by atoms with van der Waals surface area (Å²) in [6.07, 6.45) is 1.14. The van der Waals surface area contributed by atoms with Crippen molar-refractivity contribution in [1.82, 2.24) is 4.90 Å². The second kappa shape index (κ2) is 10.6. The van der Waals surface area contributed by atoms with Crippen molar-refractivity contribution in [2.45, 2.75) is 12.0 Å². The van der Waals surface area contributed by atoms with E-state index in [1.54, 1.807) is 14.2 Å². The third-order valence-electron chi connectivity index (χ3n) is 4.96. The van der Waals surface area contributed by atoms with Crippen LogP contribution in [0.3, 0.4) is 0 Å². The molecule has 1 unspecified atom stereocenters. The van der Waals surface area contributed by atoms with Crippen LogP contribution in [0.5, 0.6) is 11.5 Å². The minimum atomic E-state index is 0. The van der Waals surface area contributed by atoms with E-state index < -0.39 is 0 Å². The molecule has 1 atom stereocenters. The Morgan fingerprint density at radius 2 is 2.04 bits per heavy atom. The fraction of sp³-hybridized carbons (Fsp3) is 0.611. The van der Waals surface area contributed by atoms with E-state index >= 15 is 0 Å². The number of guanidine groups is 1. The van der Waals surface area contributed by atoms with E-state index in [0.29, 0.717) is 24.0 Å². The zero-order valence-corrected chi connectivity index (χ0v) is 19.0. The van der Waals surface area contributed by atoms with Gasteiger partial charge in [0.1, 0.15) is 0 Å². The fourth-order valence-corrected chi connectivity index (χ4v) is 4.91. The van der Waals surface area contributed by atoms with Crippen molar-refractivity contribution in [3.05, 3.63) is 18.2 Å². The zero-order chi connectivity index (χ0) is 18.4. The van der Waals surface area contributed by atoms with E-state index in [0.717, 1.165) is 44.2 Å². The van der Waals surface area contributed by atoms with Gasteiger partial charge in [0.15, 0.2) is 17.5 Å². The van der Waals surface area contributed by atoms with Gasteiger partial charge in [-0.3, -0.25) is 9.89 Å². The van der Waals surface area contributed by atoms with Gasteiger partial charge in [0.2, 0.25) is 0 Å². The van der Waals surface area contributed by atoms with E-state index in [9.17, 15) is 0 Å². The summed E-state index contributed by atoms with van der Waals surface area (Å²) in [6, 6.07) is 5.59. The Morgan fingerprint density at radius 1 is 1.30 bits per heavy atom. The molecule has 0 aliphatic carbocycles. The summed E-state index contributed by atoms with van der Waals surface area (Å²) in [5.74, 6) is 4.03. The SMILES string of the molecule is COc1ccc(NC(N)=NCC2(N3CCOCC3)CCSC2)cc1OC.I. The number of morpholine rings is 1. The quantitative estimate of drug-likeness (QED) is 0.347. The number of nitrogens with one attached hydrogen (secondary N) is 1.